The van der Waals surface area contributed by atoms with E-state index in [-0.39, 0.29) is 17.0 Å². The minimum absolute atomic E-state index is 0.0473. The number of carbonyl (C=O) groups is 1. The molecule has 0 aliphatic heterocycles. The second kappa shape index (κ2) is 7.86. The molecule has 3 aromatic rings. The second-order valence-electron chi connectivity index (χ2n) is 8.43. The fourth-order valence-corrected chi connectivity index (χ4v) is 3.85. The number of benzene rings is 2. The van der Waals surface area contributed by atoms with Crippen molar-refractivity contribution in [1.29, 1.82) is 0 Å². The number of nitrogens with zero attached hydrogens (tertiary/aromatic N) is 2. The van der Waals surface area contributed by atoms with Gasteiger partial charge in [-0.3, -0.25) is 4.79 Å². The van der Waals surface area contributed by atoms with Crippen LogP contribution in [0.5, 0.6) is 0 Å². The first kappa shape index (κ1) is 20.0. The highest BCUT2D eigenvalue weighted by atomic mass is 19.1. The second-order valence-corrected chi connectivity index (χ2v) is 8.43. The van der Waals surface area contributed by atoms with E-state index in [1.54, 1.807) is 12.1 Å². The Kier molecular flexibility index (Phi) is 5.24. The minimum Gasteiger partial charge on any atom is -0.339 e. The predicted molar refractivity (Wildman–Crippen MR) is 117 cm³/mol. The molecule has 154 valence electrons. The molecule has 0 bridgehead atoms. The Labute approximate surface area is 175 Å². The van der Waals surface area contributed by atoms with E-state index in [4.69, 9.17) is 0 Å². The summed E-state index contributed by atoms with van der Waals surface area (Å²) in [4.78, 5) is 22.3. The van der Waals surface area contributed by atoms with Crippen molar-refractivity contribution in [2.45, 2.75) is 40.0 Å². The normalized spacial score (nSPS) is 14.9. The van der Waals surface area contributed by atoms with Gasteiger partial charge in [0.2, 0.25) is 5.95 Å². The third-order valence-electron chi connectivity index (χ3n) is 5.30. The topological polar surface area (TPSA) is 66.9 Å². The highest BCUT2D eigenvalue weighted by Crippen LogP contribution is 2.38. The lowest BCUT2D eigenvalue weighted by Gasteiger charge is -2.30. The van der Waals surface area contributed by atoms with Gasteiger partial charge in [-0.1, -0.05) is 39.0 Å². The Bertz CT molecular complexity index is 1090. The number of ketones is 1. The molecule has 30 heavy (non-hydrogen) atoms. The van der Waals surface area contributed by atoms with Crippen molar-refractivity contribution in [3.8, 4) is 0 Å². The third-order valence-corrected chi connectivity index (χ3v) is 5.30. The molecule has 2 N–H and O–H groups in total. The van der Waals surface area contributed by atoms with E-state index in [0.717, 1.165) is 23.4 Å². The molecular formula is C24H25FN4O. The number of aromatic nitrogens is 2. The van der Waals surface area contributed by atoms with Crippen LogP contribution in [0.4, 0.5) is 27.5 Å². The van der Waals surface area contributed by atoms with Gasteiger partial charge >= 0.3 is 0 Å². The van der Waals surface area contributed by atoms with Gasteiger partial charge in [-0.15, -0.1) is 0 Å². The van der Waals surface area contributed by atoms with E-state index in [0.29, 0.717) is 35.9 Å². The van der Waals surface area contributed by atoms with E-state index < -0.39 is 0 Å². The summed E-state index contributed by atoms with van der Waals surface area (Å²) in [6, 6.07) is 14.0. The maximum atomic E-state index is 13.3. The first-order chi connectivity index (χ1) is 14.3. The van der Waals surface area contributed by atoms with Crippen LogP contribution in [0.3, 0.4) is 0 Å². The average Bonchev–Trinajstić information content (AvgIpc) is 2.68. The molecule has 0 amide bonds. The molecule has 0 fully saturated rings. The fourth-order valence-electron chi connectivity index (χ4n) is 3.85. The number of halogens is 1. The summed E-state index contributed by atoms with van der Waals surface area (Å²) in [5, 5.41) is 6.51. The lowest BCUT2D eigenvalue weighted by molar-refractivity contribution is 0.0911. The van der Waals surface area contributed by atoms with Gasteiger partial charge in [-0.2, -0.15) is 4.98 Å². The van der Waals surface area contributed by atoms with Gasteiger partial charge in [-0.05, 0) is 54.2 Å². The molecule has 0 atom stereocenters. The van der Waals surface area contributed by atoms with Crippen molar-refractivity contribution in [1.82, 2.24) is 9.97 Å². The smallest absolute Gasteiger partial charge is 0.229 e. The summed E-state index contributed by atoms with van der Waals surface area (Å²) in [7, 11) is 0. The summed E-state index contributed by atoms with van der Waals surface area (Å²) in [6.07, 6.45) is 2.00. The van der Waals surface area contributed by atoms with Crippen molar-refractivity contribution in [2.75, 3.05) is 10.6 Å². The highest BCUT2D eigenvalue weighted by Gasteiger charge is 2.35. The molecule has 1 aromatic heterocycles. The van der Waals surface area contributed by atoms with Gasteiger partial charge in [-0.25, -0.2) is 9.37 Å². The molecule has 0 unspecified atom stereocenters. The molecule has 5 nitrogen and oxygen atoms in total. The molecule has 0 radical (unpaired) electrons. The van der Waals surface area contributed by atoms with Crippen LogP contribution < -0.4 is 10.6 Å². The number of hydrogen-bond acceptors (Lipinski definition) is 5. The summed E-state index contributed by atoms with van der Waals surface area (Å²) in [6.45, 7) is 6.23. The Morgan fingerprint density at radius 3 is 2.47 bits per heavy atom. The highest BCUT2D eigenvalue weighted by molar-refractivity contribution is 6.03. The van der Waals surface area contributed by atoms with Crippen molar-refractivity contribution < 1.29 is 9.18 Å². The number of anilines is 4. The molecule has 0 spiro atoms. The van der Waals surface area contributed by atoms with Gasteiger partial charge in [0.15, 0.2) is 5.78 Å². The Balaban J connectivity index is 1.78. The van der Waals surface area contributed by atoms with Crippen LogP contribution >= 0.6 is 0 Å². The number of carbonyl (C=O) groups excluding carboxylic acids is 1. The van der Waals surface area contributed by atoms with Crippen LogP contribution in [-0.2, 0) is 12.8 Å². The van der Waals surface area contributed by atoms with Crippen LogP contribution in [-0.4, -0.2) is 15.8 Å². The SMILES string of the molecule is CCc1ccccc1Nc1nc(Nc2ccc(F)cc2)nc2c1C(=O)CC(C)(C)C2. The number of para-hydroxylation sites is 1. The van der Waals surface area contributed by atoms with E-state index in [1.807, 2.05) is 18.2 Å². The molecule has 1 aliphatic rings. The molecule has 4 rings (SSSR count). The maximum Gasteiger partial charge on any atom is 0.229 e. The average molecular weight is 404 g/mol. The zero-order valence-corrected chi connectivity index (χ0v) is 17.4. The Morgan fingerprint density at radius 2 is 1.73 bits per heavy atom. The van der Waals surface area contributed by atoms with Crippen LogP contribution in [0.15, 0.2) is 48.5 Å². The van der Waals surface area contributed by atoms with Crippen LogP contribution in [0.2, 0.25) is 0 Å². The van der Waals surface area contributed by atoms with Crippen LogP contribution in [0.25, 0.3) is 0 Å². The zero-order chi connectivity index (χ0) is 21.3. The Morgan fingerprint density at radius 1 is 1.00 bits per heavy atom. The van der Waals surface area contributed by atoms with Gasteiger partial charge in [0, 0.05) is 17.8 Å². The van der Waals surface area contributed by atoms with E-state index in [9.17, 15) is 9.18 Å². The zero-order valence-electron chi connectivity index (χ0n) is 17.4. The number of rotatable bonds is 5. The Hall–Kier alpha value is -3.28. The van der Waals surface area contributed by atoms with Crippen molar-refractivity contribution in [3.05, 3.63) is 71.2 Å². The lowest BCUT2D eigenvalue weighted by Crippen LogP contribution is -2.29. The van der Waals surface area contributed by atoms with Crippen LogP contribution in [0.1, 0.15) is 48.8 Å². The molecule has 1 aliphatic carbocycles. The van der Waals surface area contributed by atoms with Gasteiger partial charge in [0.1, 0.15) is 11.6 Å². The molecule has 6 heteroatoms. The summed E-state index contributed by atoms with van der Waals surface area (Å²) < 4.78 is 13.3. The third kappa shape index (κ3) is 4.17. The van der Waals surface area contributed by atoms with E-state index >= 15 is 0 Å². The van der Waals surface area contributed by atoms with Crippen LogP contribution in [0, 0.1) is 11.2 Å². The van der Waals surface area contributed by atoms with Gasteiger partial charge in [0.05, 0.1) is 11.3 Å². The first-order valence-electron chi connectivity index (χ1n) is 10.2. The van der Waals surface area contributed by atoms with E-state index in [2.05, 4.69) is 47.4 Å². The van der Waals surface area contributed by atoms with Crippen molar-refractivity contribution in [2.24, 2.45) is 5.41 Å². The molecule has 1 heterocycles. The number of Topliss-reactive ketones (excluding diaryl/α,β-unsaturated/α-hetero) is 1. The standard InChI is InChI=1S/C24H25FN4O/c1-4-15-7-5-6-8-18(15)27-22-21-19(13-24(2,3)14-20(21)30)28-23(29-22)26-17-11-9-16(25)10-12-17/h5-12H,4,13-14H2,1-3H3,(H2,26,27,28,29). The van der Waals surface area contributed by atoms with Crippen molar-refractivity contribution >= 4 is 28.9 Å². The number of nitrogens with one attached hydrogen (secondary N) is 2. The molecule has 0 saturated heterocycles. The lowest BCUT2D eigenvalue weighted by atomic mass is 9.75. The fraction of sp³-hybridized carbons (Fsp3) is 0.292. The number of aryl methyl sites for hydroxylation is 1. The molecule has 0 saturated carbocycles. The number of hydrogen-bond donors (Lipinski definition) is 2. The number of fused-ring (bicyclic) bond motifs is 1. The molecule has 2 aromatic carbocycles. The summed E-state index contributed by atoms with van der Waals surface area (Å²) in [5.41, 5.74) is 3.87. The minimum atomic E-state index is -0.308. The quantitative estimate of drug-likeness (QED) is 0.561. The monoisotopic (exact) mass is 404 g/mol. The predicted octanol–water partition coefficient (Wildman–Crippen LogP) is 5.82. The first-order valence-corrected chi connectivity index (χ1v) is 10.2. The van der Waals surface area contributed by atoms with Gasteiger partial charge in [0.25, 0.3) is 0 Å². The largest absolute Gasteiger partial charge is 0.339 e. The van der Waals surface area contributed by atoms with Crippen molar-refractivity contribution in [3.63, 3.8) is 0 Å². The maximum absolute atomic E-state index is 13.3. The molecular weight excluding hydrogens is 379 g/mol. The summed E-state index contributed by atoms with van der Waals surface area (Å²) in [5.74, 6) is 0.622. The van der Waals surface area contributed by atoms with Gasteiger partial charge < -0.3 is 10.6 Å². The van der Waals surface area contributed by atoms with E-state index in [1.165, 1.54) is 12.1 Å². The summed E-state index contributed by atoms with van der Waals surface area (Å²) >= 11 is 0.